The number of halogens is 3. The highest BCUT2D eigenvalue weighted by molar-refractivity contribution is 7.89. The lowest BCUT2D eigenvalue weighted by Crippen LogP contribution is -2.46. The van der Waals surface area contributed by atoms with E-state index in [-0.39, 0.29) is 45.2 Å². The average molecular weight is 562 g/mol. The molecule has 0 bridgehead atoms. The molecule has 0 amide bonds. The second-order valence-corrected chi connectivity index (χ2v) is 12.1. The second-order valence-electron chi connectivity index (χ2n) is 9.76. The largest absolute Gasteiger partial charge is 0.478 e. The molecule has 200 valence electrons. The summed E-state index contributed by atoms with van der Waals surface area (Å²) < 4.78 is 57.8. The molecule has 1 aliphatic heterocycles. The van der Waals surface area contributed by atoms with Crippen LogP contribution < -0.4 is 4.90 Å². The van der Waals surface area contributed by atoms with Gasteiger partial charge in [0.1, 0.15) is 16.5 Å². The maximum Gasteiger partial charge on any atom is 0.338 e. The summed E-state index contributed by atoms with van der Waals surface area (Å²) in [6.07, 6.45) is 7.45. The number of sulfonamides is 1. The molecule has 3 aromatic rings. The van der Waals surface area contributed by atoms with Gasteiger partial charge in [0.15, 0.2) is 0 Å². The van der Waals surface area contributed by atoms with Crippen LogP contribution in [0.4, 0.5) is 20.2 Å². The number of benzene rings is 2. The van der Waals surface area contributed by atoms with Gasteiger partial charge in [-0.25, -0.2) is 22.0 Å². The van der Waals surface area contributed by atoms with Crippen LogP contribution in [0.25, 0.3) is 11.1 Å². The normalized spacial score (nSPS) is 20.1. The Hall–Kier alpha value is -3.08. The Labute approximate surface area is 224 Å². The van der Waals surface area contributed by atoms with E-state index in [1.165, 1.54) is 34.8 Å². The number of pyridine rings is 1. The fourth-order valence-electron chi connectivity index (χ4n) is 5.53. The molecular weight excluding hydrogens is 536 g/mol. The van der Waals surface area contributed by atoms with Gasteiger partial charge >= 0.3 is 5.97 Å². The number of anilines is 2. The highest BCUT2D eigenvalue weighted by Crippen LogP contribution is 2.44. The van der Waals surface area contributed by atoms with E-state index in [0.717, 1.165) is 50.4 Å². The number of aromatic carboxylic acids is 1. The maximum atomic E-state index is 14.3. The Balaban J connectivity index is 1.72. The van der Waals surface area contributed by atoms with Gasteiger partial charge in [0.2, 0.25) is 10.0 Å². The predicted octanol–water partition coefficient (Wildman–Crippen LogP) is 6.10. The zero-order chi connectivity index (χ0) is 27.2. The van der Waals surface area contributed by atoms with Crippen LogP contribution >= 0.6 is 11.6 Å². The molecule has 1 aromatic heterocycles. The molecule has 0 unspecified atom stereocenters. The molecule has 38 heavy (non-hydrogen) atoms. The molecule has 0 saturated heterocycles. The number of rotatable bonds is 4. The van der Waals surface area contributed by atoms with Crippen molar-refractivity contribution in [3.63, 3.8) is 0 Å². The molecule has 2 aromatic carbocycles. The van der Waals surface area contributed by atoms with Crippen molar-refractivity contribution in [1.29, 1.82) is 0 Å². The van der Waals surface area contributed by atoms with E-state index in [4.69, 9.17) is 11.6 Å². The molecule has 2 aliphatic rings. The first-order valence-corrected chi connectivity index (χ1v) is 14.1. The van der Waals surface area contributed by atoms with Gasteiger partial charge in [-0.3, -0.25) is 4.98 Å². The third-order valence-electron chi connectivity index (χ3n) is 7.54. The van der Waals surface area contributed by atoms with E-state index in [0.29, 0.717) is 5.69 Å². The number of fused-ring (bicyclic) bond motifs is 1. The highest BCUT2D eigenvalue weighted by atomic mass is 35.5. The topological polar surface area (TPSA) is 90.8 Å². The fraction of sp³-hybridized carbons (Fsp3) is 0.333. The Kier molecular flexibility index (Phi) is 7.15. The lowest BCUT2D eigenvalue weighted by atomic mass is 9.83. The molecule has 1 N–H and O–H groups in total. The van der Waals surface area contributed by atoms with Gasteiger partial charge in [0.05, 0.1) is 34.4 Å². The van der Waals surface area contributed by atoms with E-state index in [2.05, 4.69) is 4.98 Å². The van der Waals surface area contributed by atoms with Gasteiger partial charge in [0.25, 0.3) is 0 Å². The van der Waals surface area contributed by atoms with Crippen molar-refractivity contribution in [2.45, 2.75) is 43.0 Å². The molecule has 5 rings (SSSR count). The van der Waals surface area contributed by atoms with Gasteiger partial charge in [-0.05, 0) is 48.6 Å². The molecular formula is C27H26ClF2N3O4S. The smallest absolute Gasteiger partial charge is 0.338 e. The lowest BCUT2D eigenvalue weighted by Gasteiger charge is -2.36. The van der Waals surface area contributed by atoms with Crippen molar-refractivity contribution in [3.05, 3.63) is 71.0 Å². The van der Waals surface area contributed by atoms with E-state index < -0.39 is 33.2 Å². The van der Waals surface area contributed by atoms with Crippen molar-refractivity contribution in [1.82, 2.24) is 9.29 Å². The third kappa shape index (κ3) is 4.76. The summed E-state index contributed by atoms with van der Waals surface area (Å²) in [4.78, 5) is 17.1. The predicted molar refractivity (Wildman–Crippen MR) is 140 cm³/mol. The van der Waals surface area contributed by atoms with E-state index in [1.54, 1.807) is 11.9 Å². The van der Waals surface area contributed by atoms with Gasteiger partial charge in [-0.15, -0.1) is 0 Å². The molecule has 1 aliphatic carbocycles. The van der Waals surface area contributed by atoms with Crippen LogP contribution in [0.3, 0.4) is 0 Å². The lowest BCUT2D eigenvalue weighted by molar-refractivity contribution is 0.0692. The molecule has 11 heteroatoms. The number of hydrogen-bond acceptors (Lipinski definition) is 5. The van der Waals surface area contributed by atoms with Gasteiger partial charge in [-0.2, -0.15) is 4.31 Å². The summed E-state index contributed by atoms with van der Waals surface area (Å²) in [7, 11) is -2.50. The zero-order valence-electron chi connectivity index (χ0n) is 20.6. The Morgan fingerprint density at radius 1 is 1.08 bits per heavy atom. The van der Waals surface area contributed by atoms with Gasteiger partial charge in [0, 0.05) is 31.3 Å². The minimum absolute atomic E-state index is 0.0665. The SMILES string of the molecule is CN1[C@H](C2CCCCC2)CN(c2cncc(F)c2)c2cc(Cl)c(-c3ccc(F)c(C(=O)O)c3)cc2S1(=O)=O. The Morgan fingerprint density at radius 2 is 1.82 bits per heavy atom. The number of carboxylic acid groups (broad SMARTS) is 1. The standard InChI is InChI=1S/C27H26ClF2N3O4S/c1-32-25(16-5-3-2-4-6-16)15-33(19-10-18(29)13-31-14-19)24-12-22(28)20(11-26(24)38(32,36)37)17-7-8-23(30)21(9-17)27(34)35/h7-14,16,25H,2-6,15H2,1H3,(H,34,35)/t25-/m0/s1. The number of likely N-dealkylation sites (N-methyl/N-ethyl adjacent to an activating group) is 1. The number of carboxylic acids is 1. The van der Waals surface area contributed by atoms with Crippen LogP contribution in [0.5, 0.6) is 0 Å². The van der Waals surface area contributed by atoms with Gasteiger partial charge in [-0.1, -0.05) is 36.9 Å². The summed E-state index contributed by atoms with van der Waals surface area (Å²) in [6.45, 7) is 0.272. The first kappa shape index (κ1) is 26.5. The van der Waals surface area contributed by atoms with Crippen molar-refractivity contribution < 1.29 is 27.1 Å². The molecule has 0 spiro atoms. The monoisotopic (exact) mass is 561 g/mol. The second kappa shape index (κ2) is 10.2. The van der Waals surface area contributed by atoms with Crippen LogP contribution in [-0.4, -0.2) is 48.4 Å². The van der Waals surface area contributed by atoms with Crippen LogP contribution in [0.1, 0.15) is 42.5 Å². The van der Waals surface area contributed by atoms with Crippen LogP contribution in [0.15, 0.2) is 53.7 Å². The highest BCUT2D eigenvalue weighted by Gasteiger charge is 2.41. The fourth-order valence-corrected chi connectivity index (χ4v) is 7.40. The zero-order valence-corrected chi connectivity index (χ0v) is 22.1. The quantitative estimate of drug-likeness (QED) is 0.414. The molecule has 2 heterocycles. The number of aromatic nitrogens is 1. The van der Waals surface area contributed by atoms with Crippen molar-refractivity contribution >= 4 is 39.0 Å². The summed E-state index contributed by atoms with van der Waals surface area (Å²) in [6, 6.07) is 7.25. The Morgan fingerprint density at radius 3 is 2.50 bits per heavy atom. The number of hydrogen-bond donors (Lipinski definition) is 1. The van der Waals surface area contributed by atoms with Crippen molar-refractivity contribution in [2.24, 2.45) is 5.92 Å². The van der Waals surface area contributed by atoms with Crippen molar-refractivity contribution in [3.8, 4) is 11.1 Å². The first-order valence-electron chi connectivity index (χ1n) is 12.3. The summed E-state index contributed by atoms with van der Waals surface area (Å²) >= 11 is 6.65. The first-order chi connectivity index (χ1) is 18.1. The molecule has 1 fully saturated rings. The van der Waals surface area contributed by atoms with E-state index in [1.807, 2.05) is 0 Å². The number of nitrogens with zero attached hydrogens (tertiary/aromatic N) is 3. The van der Waals surface area contributed by atoms with Crippen LogP contribution in [0.2, 0.25) is 5.02 Å². The van der Waals surface area contributed by atoms with E-state index in [9.17, 15) is 27.1 Å². The van der Waals surface area contributed by atoms with Crippen molar-refractivity contribution in [2.75, 3.05) is 18.5 Å². The average Bonchev–Trinajstić information content (AvgIpc) is 2.97. The van der Waals surface area contributed by atoms with Crippen LogP contribution in [0, 0.1) is 17.6 Å². The molecule has 1 atom stereocenters. The molecule has 0 radical (unpaired) electrons. The minimum atomic E-state index is -4.06. The molecule has 1 saturated carbocycles. The summed E-state index contributed by atoms with van der Waals surface area (Å²) in [5.74, 6) is -2.82. The molecule has 7 nitrogen and oxygen atoms in total. The minimum Gasteiger partial charge on any atom is -0.478 e. The van der Waals surface area contributed by atoms with Crippen LogP contribution in [-0.2, 0) is 10.0 Å². The van der Waals surface area contributed by atoms with Gasteiger partial charge < -0.3 is 10.0 Å². The summed E-state index contributed by atoms with van der Waals surface area (Å²) in [5.41, 5.74) is 0.575. The third-order valence-corrected chi connectivity index (χ3v) is 9.76. The van der Waals surface area contributed by atoms with E-state index >= 15 is 0 Å². The summed E-state index contributed by atoms with van der Waals surface area (Å²) in [5, 5.41) is 9.51. The Bertz CT molecular complexity index is 1510. The number of carbonyl (C=O) groups is 1. The maximum absolute atomic E-state index is 14.3.